The Bertz CT molecular complexity index is 647. The molecular formula is C20H32IN5O2. The van der Waals surface area contributed by atoms with E-state index >= 15 is 0 Å². The number of hydrogen-bond donors (Lipinski definition) is 2. The van der Waals surface area contributed by atoms with Crippen molar-refractivity contribution in [2.45, 2.75) is 25.9 Å². The molecule has 0 bridgehead atoms. The van der Waals surface area contributed by atoms with E-state index < -0.39 is 0 Å². The van der Waals surface area contributed by atoms with Gasteiger partial charge in [-0.3, -0.25) is 9.69 Å². The molecule has 0 aromatic heterocycles. The minimum absolute atomic E-state index is 0. The highest BCUT2D eigenvalue weighted by molar-refractivity contribution is 14.0. The SMILES string of the molecule is CCNC(=NCc1ccc(C(=O)NC)cc1)N1CCC(N2CCOCC2)C1.I. The van der Waals surface area contributed by atoms with Gasteiger partial charge < -0.3 is 20.3 Å². The van der Waals surface area contributed by atoms with Crippen LogP contribution in [0.15, 0.2) is 29.3 Å². The highest BCUT2D eigenvalue weighted by atomic mass is 127. The minimum atomic E-state index is -0.0652. The number of aliphatic imine (C=N–C) groups is 1. The maximum absolute atomic E-state index is 11.6. The highest BCUT2D eigenvalue weighted by Gasteiger charge is 2.30. The first-order valence-electron chi connectivity index (χ1n) is 9.87. The Morgan fingerprint density at radius 3 is 2.57 bits per heavy atom. The Labute approximate surface area is 184 Å². The van der Waals surface area contributed by atoms with E-state index in [1.165, 1.54) is 6.42 Å². The second-order valence-electron chi connectivity index (χ2n) is 6.98. The van der Waals surface area contributed by atoms with Crippen LogP contribution in [0.2, 0.25) is 0 Å². The number of ether oxygens (including phenoxy) is 1. The van der Waals surface area contributed by atoms with Gasteiger partial charge in [0.05, 0.1) is 19.8 Å². The van der Waals surface area contributed by atoms with Crippen LogP contribution in [0.25, 0.3) is 0 Å². The zero-order valence-electron chi connectivity index (χ0n) is 16.8. The van der Waals surface area contributed by atoms with Crippen LogP contribution in [0.1, 0.15) is 29.3 Å². The van der Waals surface area contributed by atoms with E-state index in [2.05, 4.69) is 27.4 Å². The van der Waals surface area contributed by atoms with Gasteiger partial charge in [0.2, 0.25) is 0 Å². The van der Waals surface area contributed by atoms with Crippen molar-refractivity contribution in [3.8, 4) is 0 Å². The molecule has 1 unspecified atom stereocenters. The molecule has 2 aliphatic heterocycles. The van der Waals surface area contributed by atoms with Crippen LogP contribution in [-0.2, 0) is 11.3 Å². The number of benzene rings is 1. The molecule has 2 fully saturated rings. The van der Waals surface area contributed by atoms with Crippen molar-refractivity contribution < 1.29 is 9.53 Å². The zero-order chi connectivity index (χ0) is 19.1. The maximum Gasteiger partial charge on any atom is 0.251 e. The molecule has 1 aromatic rings. The standard InChI is InChI=1S/C20H31N5O2.HI/c1-3-22-20(23-14-16-4-6-17(7-5-16)19(26)21-2)25-9-8-18(15-25)24-10-12-27-13-11-24;/h4-7,18H,3,8-15H2,1-2H3,(H,21,26)(H,22,23);1H. The predicted octanol–water partition coefficient (Wildman–Crippen LogP) is 1.54. The summed E-state index contributed by atoms with van der Waals surface area (Å²) in [5, 5.41) is 6.07. The van der Waals surface area contributed by atoms with Crippen LogP contribution in [0.3, 0.4) is 0 Å². The third-order valence-electron chi connectivity index (χ3n) is 5.21. The number of hydrogen-bond acceptors (Lipinski definition) is 4. The minimum Gasteiger partial charge on any atom is -0.379 e. The second kappa shape index (κ2) is 11.6. The predicted molar refractivity (Wildman–Crippen MR) is 122 cm³/mol. The summed E-state index contributed by atoms with van der Waals surface area (Å²) in [5.74, 6) is 0.910. The molecule has 8 heteroatoms. The van der Waals surface area contributed by atoms with Crippen molar-refractivity contribution >= 4 is 35.8 Å². The van der Waals surface area contributed by atoms with Crippen LogP contribution < -0.4 is 10.6 Å². The Kier molecular flexibility index (Phi) is 9.46. The topological polar surface area (TPSA) is 69.2 Å². The van der Waals surface area contributed by atoms with Crippen molar-refractivity contribution in [3.63, 3.8) is 0 Å². The average Bonchev–Trinajstić information content (AvgIpc) is 3.21. The number of morpholine rings is 1. The average molecular weight is 501 g/mol. The molecule has 1 aromatic carbocycles. The second-order valence-corrected chi connectivity index (χ2v) is 6.98. The Hall–Kier alpha value is -1.39. The van der Waals surface area contributed by atoms with E-state index in [1.54, 1.807) is 7.05 Å². The molecule has 0 aliphatic carbocycles. The molecular weight excluding hydrogens is 469 g/mol. The number of likely N-dealkylation sites (tertiary alicyclic amines) is 1. The third-order valence-corrected chi connectivity index (χ3v) is 5.21. The normalized spacial score (nSPS) is 20.6. The lowest BCUT2D eigenvalue weighted by molar-refractivity contribution is 0.0195. The molecule has 0 spiro atoms. The van der Waals surface area contributed by atoms with Crippen LogP contribution >= 0.6 is 24.0 Å². The van der Waals surface area contributed by atoms with Crippen molar-refractivity contribution in [2.24, 2.45) is 4.99 Å². The van der Waals surface area contributed by atoms with Gasteiger partial charge in [-0.15, -0.1) is 24.0 Å². The number of rotatable bonds is 5. The fourth-order valence-electron chi connectivity index (χ4n) is 3.67. The van der Waals surface area contributed by atoms with E-state index in [1.807, 2.05) is 24.3 Å². The lowest BCUT2D eigenvalue weighted by atomic mass is 10.1. The van der Waals surface area contributed by atoms with E-state index in [-0.39, 0.29) is 29.9 Å². The Morgan fingerprint density at radius 2 is 1.93 bits per heavy atom. The summed E-state index contributed by atoms with van der Waals surface area (Å²) in [6.07, 6.45) is 1.17. The Balaban J connectivity index is 0.00000280. The lowest BCUT2D eigenvalue weighted by Crippen LogP contribution is -2.46. The molecule has 0 radical (unpaired) electrons. The fraction of sp³-hybridized carbons (Fsp3) is 0.600. The molecule has 2 heterocycles. The first kappa shape index (κ1) is 22.9. The quantitative estimate of drug-likeness (QED) is 0.364. The molecule has 7 nitrogen and oxygen atoms in total. The summed E-state index contributed by atoms with van der Waals surface area (Å²) < 4.78 is 5.47. The number of amides is 1. The number of nitrogens with zero attached hydrogens (tertiary/aromatic N) is 3. The van der Waals surface area contributed by atoms with Crippen LogP contribution in [0.4, 0.5) is 0 Å². The first-order valence-corrected chi connectivity index (χ1v) is 9.87. The molecule has 0 saturated carbocycles. The molecule has 2 saturated heterocycles. The van der Waals surface area contributed by atoms with Gasteiger partial charge in [0.25, 0.3) is 5.91 Å². The largest absolute Gasteiger partial charge is 0.379 e. The van der Waals surface area contributed by atoms with Crippen LogP contribution in [0.5, 0.6) is 0 Å². The number of guanidine groups is 1. The van der Waals surface area contributed by atoms with Gasteiger partial charge in [-0.25, -0.2) is 4.99 Å². The van der Waals surface area contributed by atoms with Gasteiger partial charge in [-0.05, 0) is 31.0 Å². The monoisotopic (exact) mass is 501 g/mol. The fourth-order valence-corrected chi connectivity index (χ4v) is 3.67. The van der Waals surface area contributed by atoms with E-state index in [0.717, 1.165) is 57.5 Å². The van der Waals surface area contributed by atoms with Crippen molar-refractivity contribution in [1.82, 2.24) is 20.4 Å². The molecule has 2 N–H and O–H groups in total. The number of carbonyl (C=O) groups excluding carboxylic acids is 1. The smallest absolute Gasteiger partial charge is 0.251 e. The lowest BCUT2D eigenvalue weighted by Gasteiger charge is -2.32. The van der Waals surface area contributed by atoms with Gasteiger partial charge in [0.15, 0.2) is 5.96 Å². The van der Waals surface area contributed by atoms with Crippen molar-refractivity contribution in [2.75, 3.05) is 53.0 Å². The van der Waals surface area contributed by atoms with Gasteiger partial charge in [0.1, 0.15) is 0 Å². The van der Waals surface area contributed by atoms with Gasteiger partial charge in [-0.2, -0.15) is 0 Å². The van der Waals surface area contributed by atoms with Crippen molar-refractivity contribution in [1.29, 1.82) is 0 Å². The van der Waals surface area contributed by atoms with E-state index in [4.69, 9.17) is 9.73 Å². The number of halogens is 1. The van der Waals surface area contributed by atoms with E-state index in [0.29, 0.717) is 18.2 Å². The van der Waals surface area contributed by atoms with Crippen molar-refractivity contribution in [3.05, 3.63) is 35.4 Å². The number of nitrogens with one attached hydrogen (secondary N) is 2. The summed E-state index contributed by atoms with van der Waals surface area (Å²) in [6, 6.07) is 8.22. The van der Waals surface area contributed by atoms with Gasteiger partial charge in [-0.1, -0.05) is 12.1 Å². The number of carbonyl (C=O) groups is 1. The van der Waals surface area contributed by atoms with Crippen LogP contribution in [0, 0.1) is 0 Å². The summed E-state index contributed by atoms with van der Waals surface area (Å²) >= 11 is 0. The summed E-state index contributed by atoms with van der Waals surface area (Å²) in [5.41, 5.74) is 1.77. The first-order chi connectivity index (χ1) is 13.2. The molecule has 2 aliphatic rings. The summed E-state index contributed by atoms with van der Waals surface area (Å²) in [6.45, 7) is 9.36. The van der Waals surface area contributed by atoms with E-state index in [9.17, 15) is 4.79 Å². The Morgan fingerprint density at radius 1 is 1.21 bits per heavy atom. The third kappa shape index (κ3) is 6.05. The van der Waals surface area contributed by atoms with Gasteiger partial charge >= 0.3 is 0 Å². The zero-order valence-corrected chi connectivity index (χ0v) is 19.1. The maximum atomic E-state index is 11.6. The molecule has 1 atom stereocenters. The molecule has 156 valence electrons. The molecule has 28 heavy (non-hydrogen) atoms. The summed E-state index contributed by atoms with van der Waals surface area (Å²) in [7, 11) is 1.64. The van der Waals surface area contributed by atoms with Gasteiger partial charge in [0, 0.05) is 51.4 Å². The molecule has 3 rings (SSSR count). The highest BCUT2D eigenvalue weighted by Crippen LogP contribution is 2.17. The van der Waals surface area contributed by atoms with Crippen LogP contribution in [-0.4, -0.2) is 80.7 Å². The summed E-state index contributed by atoms with van der Waals surface area (Å²) in [4.78, 5) is 21.4. The molecule has 1 amide bonds.